The number of rotatable bonds is 3. The molecule has 1 aromatic carbocycles. The van der Waals surface area contributed by atoms with E-state index in [1.54, 1.807) is 6.07 Å². The van der Waals surface area contributed by atoms with Crippen LogP contribution in [0.1, 0.15) is 32.3 Å². The molecule has 1 aliphatic heterocycles. The third-order valence-electron chi connectivity index (χ3n) is 2.77. The number of aryl methyl sites for hydroxylation is 1. The van der Waals surface area contributed by atoms with Crippen molar-refractivity contribution in [2.75, 3.05) is 13.2 Å². The van der Waals surface area contributed by atoms with Gasteiger partial charge in [0.15, 0.2) is 5.75 Å². The van der Waals surface area contributed by atoms with Gasteiger partial charge in [-0.25, -0.2) is 0 Å². The molecule has 1 aliphatic rings. The molecule has 19 heavy (non-hydrogen) atoms. The molecule has 1 aromatic rings. The van der Waals surface area contributed by atoms with Gasteiger partial charge in [-0.05, 0) is 18.6 Å². The summed E-state index contributed by atoms with van der Waals surface area (Å²) in [7, 11) is 0. The minimum absolute atomic E-state index is 0.0187. The fourth-order valence-electron chi connectivity index (χ4n) is 1.84. The summed E-state index contributed by atoms with van der Waals surface area (Å²) in [5.74, 6) is 0.354. The van der Waals surface area contributed by atoms with E-state index in [0.717, 1.165) is 18.4 Å². The number of benzene rings is 1. The normalized spacial score (nSPS) is 15.3. The number of ether oxygens (including phenoxy) is 2. The summed E-state index contributed by atoms with van der Waals surface area (Å²) in [6.07, 6.45) is 1.58. The molecule has 0 saturated carbocycles. The molecule has 5 heteroatoms. The smallest absolute Gasteiger partial charge is 0.311 e. The van der Waals surface area contributed by atoms with Crippen molar-refractivity contribution in [3.05, 3.63) is 33.9 Å². The Hall–Kier alpha value is -1.62. The first kappa shape index (κ1) is 15.4. The van der Waals surface area contributed by atoms with Crippen LogP contribution in [0.4, 0.5) is 5.69 Å². The van der Waals surface area contributed by atoms with Crippen molar-refractivity contribution in [1.82, 2.24) is 0 Å². The summed E-state index contributed by atoms with van der Waals surface area (Å²) >= 11 is 0. The Kier molecular flexibility index (Phi) is 6.29. The van der Waals surface area contributed by atoms with Crippen LogP contribution in [0, 0.1) is 17.0 Å². The van der Waals surface area contributed by atoms with Crippen LogP contribution in [-0.4, -0.2) is 24.2 Å². The van der Waals surface area contributed by atoms with Gasteiger partial charge in [-0.15, -0.1) is 0 Å². The molecule has 106 valence electrons. The third-order valence-corrected chi connectivity index (χ3v) is 2.77. The van der Waals surface area contributed by atoms with E-state index in [9.17, 15) is 10.1 Å². The van der Waals surface area contributed by atoms with Crippen LogP contribution < -0.4 is 4.74 Å². The van der Waals surface area contributed by atoms with Crippen LogP contribution in [0.15, 0.2) is 18.2 Å². The number of hydrogen-bond acceptors (Lipinski definition) is 4. The Bertz CT molecular complexity index is 414. The summed E-state index contributed by atoms with van der Waals surface area (Å²) in [6.45, 7) is 7.14. The minimum Gasteiger partial charge on any atom is -0.483 e. The Morgan fingerprint density at radius 2 is 1.95 bits per heavy atom. The zero-order valence-electron chi connectivity index (χ0n) is 11.7. The van der Waals surface area contributed by atoms with E-state index in [1.807, 2.05) is 26.8 Å². The molecule has 1 heterocycles. The highest BCUT2D eigenvalue weighted by molar-refractivity contribution is 5.48. The van der Waals surface area contributed by atoms with Crippen molar-refractivity contribution in [2.45, 2.75) is 39.7 Å². The fraction of sp³-hybridized carbons (Fsp3) is 0.571. The van der Waals surface area contributed by atoms with Crippen molar-refractivity contribution in [2.24, 2.45) is 0 Å². The summed E-state index contributed by atoms with van der Waals surface area (Å²) in [6, 6.07) is 5.03. The van der Waals surface area contributed by atoms with E-state index in [4.69, 9.17) is 9.47 Å². The molecule has 1 saturated heterocycles. The zero-order valence-corrected chi connectivity index (χ0v) is 11.7. The maximum atomic E-state index is 10.9. The second-order valence-corrected chi connectivity index (χ2v) is 4.16. The van der Waals surface area contributed by atoms with Crippen LogP contribution in [0.25, 0.3) is 0 Å². The average Bonchev–Trinajstić information content (AvgIpc) is 2.44. The van der Waals surface area contributed by atoms with Crippen molar-refractivity contribution in [3.8, 4) is 5.75 Å². The van der Waals surface area contributed by atoms with Gasteiger partial charge in [-0.2, -0.15) is 0 Å². The van der Waals surface area contributed by atoms with Gasteiger partial charge >= 0.3 is 5.69 Å². The highest BCUT2D eigenvalue weighted by Gasteiger charge is 2.21. The molecule has 0 amide bonds. The third kappa shape index (κ3) is 4.52. The van der Waals surface area contributed by atoms with Crippen LogP contribution in [0.5, 0.6) is 5.75 Å². The first-order valence-corrected chi connectivity index (χ1v) is 6.66. The van der Waals surface area contributed by atoms with Crippen molar-refractivity contribution < 1.29 is 14.4 Å². The second-order valence-electron chi connectivity index (χ2n) is 4.16. The molecule has 0 N–H and O–H groups in total. The van der Waals surface area contributed by atoms with E-state index in [1.165, 1.54) is 6.07 Å². The molecule has 0 radical (unpaired) electrons. The summed E-state index contributed by atoms with van der Waals surface area (Å²) in [5.41, 5.74) is 0.896. The molecular weight excluding hydrogens is 246 g/mol. The van der Waals surface area contributed by atoms with E-state index < -0.39 is 4.92 Å². The highest BCUT2D eigenvalue weighted by atomic mass is 16.6. The van der Waals surface area contributed by atoms with Gasteiger partial charge in [0, 0.05) is 18.9 Å². The van der Waals surface area contributed by atoms with E-state index in [2.05, 4.69) is 0 Å². The standard InChI is InChI=1S/C12H15NO4.C2H6/c1-9-2-3-12(11(8-9)13(14)15)17-10-4-6-16-7-5-10;1-2/h2-3,8,10H,4-7H2,1H3;1-2H3. The lowest BCUT2D eigenvalue weighted by Gasteiger charge is -2.23. The number of hydrogen-bond donors (Lipinski definition) is 0. The second kappa shape index (κ2) is 7.74. The Labute approximate surface area is 113 Å². The molecule has 2 rings (SSSR count). The van der Waals surface area contributed by atoms with Gasteiger partial charge in [0.25, 0.3) is 0 Å². The predicted octanol–water partition coefficient (Wildman–Crippen LogP) is 3.49. The van der Waals surface area contributed by atoms with Crippen molar-refractivity contribution in [3.63, 3.8) is 0 Å². The largest absolute Gasteiger partial charge is 0.483 e. The number of nitro groups is 1. The lowest BCUT2D eigenvalue weighted by atomic mass is 10.1. The summed E-state index contributed by atoms with van der Waals surface area (Å²) in [4.78, 5) is 10.5. The maximum absolute atomic E-state index is 10.9. The Morgan fingerprint density at radius 1 is 1.32 bits per heavy atom. The maximum Gasteiger partial charge on any atom is 0.311 e. The highest BCUT2D eigenvalue weighted by Crippen LogP contribution is 2.30. The van der Waals surface area contributed by atoms with Gasteiger partial charge in [-0.1, -0.05) is 19.9 Å². The van der Waals surface area contributed by atoms with Gasteiger partial charge in [0.05, 0.1) is 18.1 Å². The summed E-state index contributed by atoms with van der Waals surface area (Å²) in [5, 5.41) is 10.9. The quantitative estimate of drug-likeness (QED) is 0.621. The predicted molar refractivity (Wildman–Crippen MR) is 73.7 cm³/mol. The van der Waals surface area contributed by atoms with Crippen LogP contribution in [0.3, 0.4) is 0 Å². The number of nitro benzene ring substituents is 1. The molecular formula is C14H21NO4. The van der Waals surface area contributed by atoms with Crippen LogP contribution >= 0.6 is 0 Å². The molecule has 0 spiro atoms. The van der Waals surface area contributed by atoms with Gasteiger partial charge in [0.2, 0.25) is 0 Å². The first-order valence-electron chi connectivity index (χ1n) is 6.66. The summed E-state index contributed by atoms with van der Waals surface area (Å²) < 4.78 is 10.9. The molecule has 0 atom stereocenters. The molecule has 1 fully saturated rings. The lowest BCUT2D eigenvalue weighted by molar-refractivity contribution is -0.386. The van der Waals surface area contributed by atoms with Crippen LogP contribution in [0.2, 0.25) is 0 Å². The zero-order chi connectivity index (χ0) is 14.3. The molecule has 0 aromatic heterocycles. The van der Waals surface area contributed by atoms with Crippen LogP contribution in [-0.2, 0) is 4.74 Å². The van der Waals surface area contributed by atoms with E-state index >= 15 is 0 Å². The molecule has 5 nitrogen and oxygen atoms in total. The van der Waals surface area contributed by atoms with E-state index in [0.29, 0.717) is 19.0 Å². The Balaban J connectivity index is 0.000000861. The Morgan fingerprint density at radius 3 is 2.53 bits per heavy atom. The average molecular weight is 267 g/mol. The van der Waals surface area contributed by atoms with Crippen molar-refractivity contribution in [1.29, 1.82) is 0 Å². The SMILES string of the molecule is CC.Cc1ccc(OC2CCOCC2)c([N+](=O)[O-])c1. The van der Waals surface area contributed by atoms with E-state index in [-0.39, 0.29) is 11.8 Å². The van der Waals surface area contributed by atoms with Gasteiger partial charge < -0.3 is 9.47 Å². The fourth-order valence-corrected chi connectivity index (χ4v) is 1.84. The monoisotopic (exact) mass is 267 g/mol. The molecule has 0 unspecified atom stereocenters. The van der Waals surface area contributed by atoms with Crippen molar-refractivity contribution >= 4 is 5.69 Å². The van der Waals surface area contributed by atoms with Gasteiger partial charge in [0.1, 0.15) is 6.10 Å². The minimum atomic E-state index is -0.401. The van der Waals surface area contributed by atoms with Gasteiger partial charge in [-0.3, -0.25) is 10.1 Å². The molecule has 0 aliphatic carbocycles. The number of nitrogens with zero attached hydrogens (tertiary/aromatic N) is 1. The first-order chi connectivity index (χ1) is 9.16. The topological polar surface area (TPSA) is 61.6 Å². The molecule has 0 bridgehead atoms. The lowest BCUT2D eigenvalue weighted by Crippen LogP contribution is -2.26.